The Morgan fingerprint density at radius 3 is 3.07 bits per heavy atom. The first kappa shape index (κ1) is 9.01. The third-order valence-corrected chi connectivity index (χ3v) is 3.54. The van der Waals surface area contributed by atoms with Crippen LogP contribution in [0.25, 0.3) is 0 Å². The van der Waals surface area contributed by atoms with Crippen molar-refractivity contribution in [3.05, 3.63) is 18.5 Å². The van der Waals surface area contributed by atoms with Crippen LogP contribution in [0.4, 0.5) is 11.4 Å². The lowest BCUT2D eigenvalue weighted by atomic mass is 10.1. The van der Waals surface area contributed by atoms with Gasteiger partial charge in [-0.25, -0.2) is 0 Å². The van der Waals surface area contributed by atoms with Crippen molar-refractivity contribution < 1.29 is 0 Å². The summed E-state index contributed by atoms with van der Waals surface area (Å²) in [5.41, 5.74) is 2.55. The smallest absolute Gasteiger partial charge is 0.0765 e. The fraction of sp³-hybridized carbons (Fsp3) is 0.583. The summed E-state index contributed by atoms with van der Waals surface area (Å²) in [6.45, 7) is 2.19. The van der Waals surface area contributed by atoms with Gasteiger partial charge in [-0.2, -0.15) is 0 Å². The zero-order valence-corrected chi connectivity index (χ0v) is 8.95. The lowest BCUT2D eigenvalue weighted by Gasteiger charge is -2.36. The fourth-order valence-electron chi connectivity index (χ4n) is 2.80. The van der Waals surface area contributed by atoms with Gasteiger partial charge in [0, 0.05) is 25.3 Å². The zero-order chi connectivity index (χ0) is 10.1. The highest BCUT2D eigenvalue weighted by Crippen LogP contribution is 2.34. The molecule has 0 saturated heterocycles. The molecule has 2 heterocycles. The molecule has 0 unspecified atom stereocenters. The minimum absolute atomic E-state index is 0.772. The van der Waals surface area contributed by atoms with Gasteiger partial charge in [-0.15, -0.1) is 0 Å². The molecule has 0 atom stereocenters. The number of hydrogen-bond donors (Lipinski definition) is 1. The van der Waals surface area contributed by atoms with E-state index in [4.69, 9.17) is 0 Å². The van der Waals surface area contributed by atoms with E-state index < -0.39 is 0 Å². The molecule has 1 aromatic rings. The first-order valence-electron chi connectivity index (χ1n) is 5.90. The number of fused-ring (bicyclic) bond motifs is 1. The third-order valence-electron chi connectivity index (χ3n) is 3.54. The summed E-state index contributed by atoms with van der Waals surface area (Å²) in [4.78, 5) is 6.74. The Balaban J connectivity index is 1.91. The molecule has 2 aliphatic rings. The Morgan fingerprint density at radius 2 is 2.20 bits per heavy atom. The molecule has 3 nitrogen and oxygen atoms in total. The molecular weight excluding hydrogens is 186 g/mol. The van der Waals surface area contributed by atoms with Crippen molar-refractivity contribution in [3.8, 4) is 0 Å². The van der Waals surface area contributed by atoms with Crippen LogP contribution < -0.4 is 10.2 Å². The maximum atomic E-state index is 4.17. The number of pyridine rings is 1. The number of nitrogens with one attached hydrogen (secondary N) is 1. The molecule has 1 aliphatic heterocycles. The Bertz CT molecular complexity index is 344. The highest BCUT2D eigenvalue weighted by molar-refractivity contribution is 5.71. The van der Waals surface area contributed by atoms with Gasteiger partial charge in [0.15, 0.2) is 0 Å². The normalized spacial score (nSPS) is 21.2. The lowest BCUT2D eigenvalue weighted by molar-refractivity contribution is 0.606. The zero-order valence-electron chi connectivity index (χ0n) is 8.95. The molecule has 1 aliphatic carbocycles. The molecule has 0 spiro atoms. The van der Waals surface area contributed by atoms with Gasteiger partial charge in [-0.3, -0.25) is 4.98 Å². The van der Waals surface area contributed by atoms with Gasteiger partial charge in [-0.05, 0) is 18.9 Å². The van der Waals surface area contributed by atoms with Gasteiger partial charge in [0.2, 0.25) is 0 Å². The van der Waals surface area contributed by atoms with E-state index in [1.165, 1.54) is 37.1 Å². The van der Waals surface area contributed by atoms with E-state index >= 15 is 0 Å². The molecule has 1 saturated carbocycles. The maximum absolute atomic E-state index is 4.17. The average Bonchev–Trinajstić information content (AvgIpc) is 2.82. The van der Waals surface area contributed by atoms with Gasteiger partial charge >= 0.3 is 0 Å². The lowest BCUT2D eigenvalue weighted by Crippen LogP contribution is -2.40. The Morgan fingerprint density at radius 1 is 1.33 bits per heavy atom. The number of anilines is 2. The average molecular weight is 203 g/mol. The molecule has 3 rings (SSSR count). The predicted octanol–water partition coefficient (Wildman–Crippen LogP) is 2.26. The van der Waals surface area contributed by atoms with E-state index in [0.717, 1.165) is 19.1 Å². The van der Waals surface area contributed by atoms with Gasteiger partial charge < -0.3 is 10.2 Å². The monoisotopic (exact) mass is 203 g/mol. The van der Waals surface area contributed by atoms with Crippen LogP contribution in [0.5, 0.6) is 0 Å². The fourth-order valence-corrected chi connectivity index (χ4v) is 2.80. The molecule has 1 aromatic heterocycles. The summed E-state index contributed by atoms with van der Waals surface area (Å²) in [5, 5.41) is 3.41. The Hall–Kier alpha value is -1.25. The van der Waals surface area contributed by atoms with Crippen molar-refractivity contribution in [2.24, 2.45) is 0 Å². The maximum Gasteiger partial charge on any atom is 0.0765 e. The summed E-state index contributed by atoms with van der Waals surface area (Å²) in [6, 6.07) is 2.91. The van der Waals surface area contributed by atoms with Gasteiger partial charge in [0.05, 0.1) is 17.6 Å². The standard InChI is InChI=1S/C12H17N3/c1-2-4-10(3-1)15-8-7-14-11-9-13-6-5-12(11)15/h5-6,9-10,14H,1-4,7-8H2. The summed E-state index contributed by atoms with van der Waals surface area (Å²) < 4.78 is 0. The number of rotatable bonds is 1. The van der Waals surface area contributed by atoms with E-state index in [0.29, 0.717) is 0 Å². The van der Waals surface area contributed by atoms with E-state index in [2.05, 4.69) is 21.3 Å². The quantitative estimate of drug-likeness (QED) is 0.758. The molecule has 0 amide bonds. The molecule has 0 radical (unpaired) electrons. The van der Waals surface area contributed by atoms with Crippen LogP contribution in [-0.4, -0.2) is 24.1 Å². The molecule has 0 bridgehead atoms. The van der Waals surface area contributed by atoms with E-state index in [-0.39, 0.29) is 0 Å². The van der Waals surface area contributed by atoms with E-state index in [1.807, 2.05) is 12.4 Å². The van der Waals surface area contributed by atoms with Crippen molar-refractivity contribution in [3.63, 3.8) is 0 Å². The molecule has 15 heavy (non-hydrogen) atoms. The predicted molar refractivity (Wildman–Crippen MR) is 62.3 cm³/mol. The molecule has 1 N–H and O–H groups in total. The number of hydrogen-bond acceptors (Lipinski definition) is 3. The van der Waals surface area contributed by atoms with Crippen LogP contribution in [-0.2, 0) is 0 Å². The van der Waals surface area contributed by atoms with Crippen LogP contribution in [0, 0.1) is 0 Å². The molecule has 3 heteroatoms. The summed E-state index contributed by atoms with van der Waals surface area (Å²) in [6.07, 6.45) is 9.36. The number of nitrogens with zero attached hydrogens (tertiary/aromatic N) is 2. The van der Waals surface area contributed by atoms with Gasteiger partial charge in [0.25, 0.3) is 0 Å². The molecule has 80 valence electrons. The summed E-state index contributed by atoms with van der Waals surface area (Å²) in [5.74, 6) is 0. The van der Waals surface area contributed by atoms with Crippen LogP contribution in [0.2, 0.25) is 0 Å². The van der Waals surface area contributed by atoms with Crippen LogP contribution >= 0.6 is 0 Å². The highest BCUT2D eigenvalue weighted by atomic mass is 15.2. The minimum atomic E-state index is 0.772. The first-order valence-corrected chi connectivity index (χ1v) is 5.90. The third kappa shape index (κ3) is 1.56. The largest absolute Gasteiger partial charge is 0.380 e. The Labute approximate surface area is 90.5 Å². The van der Waals surface area contributed by atoms with Crippen molar-refractivity contribution in [1.29, 1.82) is 0 Å². The first-order chi connectivity index (χ1) is 7.45. The van der Waals surface area contributed by atoms with Crippen LogP contribution in [0.3, 0.4) is 0 Å². The van der Waals surface area contributed by atoms with Gasteiger partial charge in [-0.1, -0.05) is 12.8 Å². The summed E-state index contributed by atoms with van der Waals surface area (Å²) in [7, 11) is 0. The second kappa shape index (κ2) is 3.72. The van der Waals surface area contributed by atoms with Crippen LogP contribution in [0.15, 0.2) is 18.5 Å². The van der Waals surface area contributed by atoms with Crippen molar-refractivity contribution in [2.75, 3.05) is 23.3 Å². The topological polar surface area (TPSA) is 28.2 Å². The van der Waals surface area contributed by atoms with Crippen molar-refractivity contribution in [2.45, 2.75) is 31.7 Å². The molecular formula is C12H17N3. The van der Waals surface area contributed by atoms with Gasteiger partial charge in [0.1, 0.15) is 0 Å². The van der Waals surface area contributed by atoms with E-state index in [9.17, 15) is 0 Å². The second-order valence-corrected chi connectivity index (χ2v) is 4.45. The SMILES string of the molecule is c1cc2c(cn1)NCCN2C1CCCC1. The minimum Gasteiger partial charge on any atom is -0.380 e. The van der Waals surface area contributed by atoms with Crippen LogP contribution in [0.1, 0.15) is 25.7 Å². The van der Waals surface area contributed by atoms with E-state index in [1.54, 1.807) is 0 Å². The molecule has 1 fully saturated rings. The number of aromatic nitrogens is 1. The van der Waals surface area contributed by atoms with Crippen molar-refractivity contribution in [1.82, 2.24) is 4.98 Å². The summed E-state index contributed by atoms with van der Waals surface area (Å²) >= 11 is 0. The second-order valence-electron chi connectivity index (χ2n) is 4.45. The van der Waals surface area contributed by atoms with Crippen molar-refractivity contribution >= 4 is 11.4 Å². The molecule has 0 aromatic carbocycles. The Kier molecular flexibility index (Phi) is 2.24. The highest BCUT2D eigenvalue weighted by Gasteiger charge is 2.26.